The molecule has 0 unspecified atom stereocenters. The highest BCUT2D eigenvalue weighted by molar-refractivity contribution is 6.03. The van der Waals surface area contributed by atoms with Crippen LogP contribution < -0.4 is 5.32 Å². The number of aromatic nitrogens is 4. The molecular weight excluding hydrogens is 328 g/mol. The summed E-state index contributed by atoms with van der Waals surface area (Å²) in [5.74, 6) is 0.119. The number of hydrogen-bond acceptors (Lipinski definition) is 5. The normalized spacial score (nSPS) is 10.4. The van der Waals surface area contributed by atoms with Gasteiger partial charge in [-0.2, -0.15) is 10.4 Å². The smallest absolute Gasteiger partial charge is 0.277 e. The second-order valence-corrected chi connectivity index (χ2v) is 5.49. The van der Waals surface area contributed by atoms with Crippen molar-refractivity contribution in [2.45, 2.75) is 0 Å². The van der Waals surface area contributed by atoms with E-state index < -0.39 is 0 Å². The molecule has 0 aliphatic heterocycles. The van der Waals surface area contributed by atoms with Gasteiger partial charge in [-0.1, -0.05) is 12.1 Å². The van der Waals surface area contributed by atoms with Gasteiger partial charge in [0, 0.05) is 6.07 Å². The van der Waals surface area contributed by atoms with Crippen LogP contribution in [0, 0.1) is 11.3 Å². The van der Waals surface area contributed by atoms with Crippen molar-refractivity contribution in [3.05, 3.63) is 78.2 Å². The van der Waals surface area contributed by atoms with Gasteiger partial charge >= 0.3 is 0 Å². The fourth-order valence-electron chi connectivity index (χ4n) is 2.53. The van der Waals surface area contributed by atoms with Crippen LogP contribution in [-0.2, 0) is 0 Å². The molecule has 0 aliphatic carbocycles. The molecule has 2 aromatic carbocycles. The minimum atomic E-state index is -0.376. The Bertz CT molecular complexity index is 1140. The van der Waals surface area contributed by atoms with E-state index >= 15 is 0 Å². The summed E-state index contributed by atoms with van der Waals surface area (Å²) in [6, 6.07) is 18.0. The van der Waals surface area contributed by atoms with Crippen molar-refractivity contribution in [1.82, 2.24) is 19.7 Å². The molecule has 0 atom stereocenters. The molecule has 1 amide bonds. The number of benzene rings is 2. The van der Waals surface area contributed by atoms with Gasteiger partial charge < -0.3 is 5.32 Å². The van der Waals surface area contributed by atoms with Crippen molar-refractivity contribution in [2.24, 2.45) is 0 Å². The maximum absolute atomic E-state index is 12.5. The Balaban J connectivity index is 1.61. The Hall–Kier alpha value is -4.05. The summed E-state index contributed by atoms with van der Waals surface area (Å²) in [6.07, 6.45) is 3.03. The molecule has 26 heavy (non-hydrogen) atoms. The minimum absolute atomic E-state index is 0.219. The first-order valence-electron chi connectivity index (χ1n) is 7.82. The van der Waals surface area contributed by atoms with Crippen LogP contribution in [0.1, 0.15) is 16.1 Å². The molecule has 2 heterocycles. The summed E-state index contributed by atoms with van der Waals surface area (Å²) in [5, 5.41) is 15.9. The average Bonchev–Trinajstić information content (AvgIpc) is 3.15. The van der Waals surface area contributed by atoms with Gasteiger partial charge in [0.25, 0.3) is 5.91 Å². The molecule has 2 aromatic heterocycles. The van der Waals surface area contributed by atoms with Gasteiger partial charge in [0.05, 0.1) is 40.7 Å². The predicted molar refractivity (Wildman–Crippen MR) is 95.8 cm³/mol. The second-order valence-electron chi connectivity index (χ2n) is 5.49. The van der Waals surface area contributed by atoms with Crippen molar-refractivity contribution >= 4 is 22.8 Å². The third kappa shape index (κ3) is 2.87. The highest BCUT2D eigenvalue weighted by Gasteiger charge is 2.13. The number of carbonyl (C=O) groups excluding carboxylic acids is 1. The fourth-order valence-corrected chi connectivity index (χ4v) is 2.53. The van der Waals surface area contributed by atoms with Crippen molar-refractivity contribution < 1.29 is 4.79 Å². The van der Waals surface area contributed by atoms with E-state index in [0.717, 1.165) is 11.2 Å². The van der Waals surface area contributed by atoms with Gasteiger partial charge in [-0.3, -0.25) is 9.78 Å². The van der Waals surface area contributed by atoms with Crippen LogP contribution >= 0.6 is 0 Å². The summed E-state index contributed by atoms with van der Waals surface area (Å²) < 4.78 is 1.58. The Morgan fingerprint density at radius 3 is 2.58 bits per heavy atom. The highest BCUT2D eigenvalue weighted by atomic mass is 16.2. The molecule has 7 nitrogen and oxygen atoms in total. The number of carbonyl (C=O) groups is 1. The van der Waals surface area contributed by atoms with Crippen LogP contribution in [0.15, 0.2) is 67.0 Å². The lowest BCUT2D eigenvalue weighted by Crippen LogP contribution is -2.16. The molecule has 0 saturated carbocycles. The van der Waals surface area contributed by atoms with Crippen molar-refractivity contribution in [3.8, 4) is 11.8 Å². The number of rotatable bonds is 3. The number of nitriles is 1. The SMILES string of the molecule is N#Cc1ccc(-n2nccc2NC(=O)c2cnc3ccccc3n2)cc1. The monoisotopic (exact) mass is 340 g/mol. The van der Waals surface area contributed by atoms with Gasteiger partial charge in [-0.15, -0.1) is 0 Å². The van der Waals surface area contributed by atoms with Gasteiger partial charge in [0.2, 0.25) is 0 Å². The van der Waals surface area contributed by atoms with E-state index in [1.807, 2.05) is 18.2 Å². The van der Waals surface area contributed by atoms with Crippen molar-refractivity contribution in [3.63, 3.8) is 0 Å². The van der Waals surface area contributed by atoms with Crippen LogP contribution in [-0.4, -0.2) is 25.7 Å². The molecule has 0 radical (unpaired) electrons. The van der Waals surface area contributed by atoms with Crippen LogP contribution in [0.2, 0.25) is 0 Å². The van der Waals surface area contributed by atoms with E-state index in [-0.39, 0.29) is 11.6 Å². The van der Waals surface area contributed by atoms with Crippen LogP contribution in [0.25, 0.3) is 16.7 Å². The fraction of sp³-hybridized carbons (Fsp3) is 0. The molecule has 7 heteroatoms. The minimum Gasteiger partial charge on any atom is -0.305 e. The molecule has 4 aromatic rings. The van der Waals surface area contributed by atoms with Crippen molar-refractivity contribution in [1.29, 1.82) is 5.26 Å². The number of amides is 1. The summed E-state index contributed by atoms with van der Waals surface area (Å²) in [6.45, 7) is 0. The predicted octanol–water partition coefficient (Wildman–Crippen LogP) is 2.94. The summed E-state index contributed by atoms with van der Waals surface area (Å²) in [7, 11) is 0. The molecule has 0 fully saturated rings. The van der Waals surface area contributed by atoms with E-state index in [9.17, 15) is 4.79 Å². The Kier molecular flexibility index (Phi) is 3.84. The lowest BCUT2D eigenvalue weighted by atomic mass is 10.2. The number of para-hydroxylation sites is 2. The van der Waals surface area contributed by atoms with Crippen LogP contribution in [0.4, 0.5) is 5.82 Å². The molecule has 0 spiro atoms. The van der Waals surface area contributed by atoms with E-state index in [0.29, 0.717) is 16.9 Å². The number of fused-ring (bicyclic) bond motifs is 1. The Labute approximate surface area is 148 Å². The van der Waals surface area contributed by atoms with Crippen molar-refractivity contribution in [2.75, 3.05) is 5.32 Å². The zero-order chi connectivity index (χ0) is 17.9. The molecule has 4 rings (SSSR count). The largest absolute Gasteiger partial charge is 0.305 e. The molecule has 0 saturated heterocycles. The third-order valence-electron chi connectivity index (χ3n) is 3.81. The Morgan fingerprint density at radius 1 is 1.04 bits per heavy atom. The lowest BCUT2D eigenvalue weighted by molar-refractivity contribution is 0.102. The lowest BCUT2D eigenvalue weighted by Gasteiger charge is -2.09. The maximum Gasteiger partial charge on any atom is 0.277 e. The topological polar surface area (TPSA) is 96.5 Å². The van der Waals surface area contributed by atoms with Gasteiger partial charge in [0.1, 0.15) is 11.5 Å². The number of hydrogen-bond donors (Lipinski definition) is 1. The average molecular weight is 340 g/mol. The third-order valence-corrected chi connectivity index (χ3v) is 3.81. The van der Waals surface area contributed by atoms with E-state index in [1.165, 1.54) is 6.20 Å². The standard InChI is InChI=1S/C19H12N6O/c20-11-13-5-7-14(8-6-13)25-18(9-10-22-25)24-19(26)17-12-21-15-3-1-2-4-16(15)23-17/h1-10,12H,(H,24,26). The number of nitrogens with one attached hydrogen (secondary N) is 1. The zero-order valence-corrected chi connectivity index (χ0v) is 13.5. The summed E-state index contributed by atoms with van der Waals surface area (Å²) >= 11 is 0. The quantitative estimate of drug-likeness (QED) is 0.618. The molecular formula is C19H12N6O. The highest BCUT2D eigenvalue weighted by Crippen LogP contribution is 2.16. The first-order valence-corrected chi connectivity index (χ1v) is 7.82. The molecule has 0 bridgehead atoms. The van der Waals surface area contributed by atoms with E-state index in [2.05, 4.69) is 26.5 Å². The number of nitrogens with zero attached hydrogens (tertiary/aromatic N) is 5. The first kappa shape index (κ1) is 15.5. The second kappa shape index (κ2) is 6.45. The van der Waals surface area contributed by atoms with Crippen LogP contribution in [0.3, 0.4) is 0 Å². The first-order chi connectivity index (χ1) is 12.7. The Morgan fingerprint density at radius 2 is 1.81 bits per heavy atom. The van der Waals surface area contributed by atoms with E-state index in [1.54, 1.807) is 47.3 Å². The van der Waals surface area contributed by atoms with Gasteiger partial charge in [0.15, 0.2) is 0 Å². The summed E-state index contributed by atoms with van der Waals surface area (Å²) in [5.41, 5.74) is 2.88. The zero-order valence-electron chi connectivity index (χ0n) is 13.5. The molecule has 0 aliphatic rings. The van der Waals surface area contributed by atoms with Crippen LogP contribution in [0.5, 0.6) is 0 Å². The summed E-state index contributed by atoms with van der Waals surface area (Å²) in [4.78, 5) is 21.1. The number of anilines is 1. The molecule has 124 valence electrons. The maximum atomic E-state index is 12.5. The molecule has 1 N–H and O–H groups in total. The van der Waals surface area contributed by atoms with Gasteiger partial charge in [-0.25, -0.2) is 9.67 Å². The van der Waals surface area contributed by atoms with Gasteiger partial charge in [-0.05, 0) is 36.4 Å². The van der Waals surface area contributed by atoms with E-state index in [4.69, 9.17) is 5.26 Å².